The van der Waals surface area contributed by atoms with Crippen LogP contribution in [0.2, 0.25) is 0 Å². The van der Waals surface area contributed by atoms with E-state index in [4.69, 9.17) is 4.74 Å². The number of aromatic nitrogens is 2. The Hall–Kier alpha value is -1.36. The quantitative estimate of drug-likeness (QED) is 0.380. The van der Waals surface area contributed by atoms with Crippen LogP contribution in [-0.4, -0.2) is 83.9 Å². The largest absolute Gasteiger partial charge is 0.368 e. The summed E-state index contributed by atoms with van der Waals surface area (Å²) in [4.78, 5) is 21.0. The average Bonchev–Trinajstić information content (AvgIpc) is 3.36. The minimum absolute atomic E-state index is 0. The predicted molar refractivity (Wildman–Crippen MR) is 115 cm³/mol. The van der Waals surface area contributed by atoms with Crippen LogP contribution in [0.1, 0.15) is 19.8 Å². The maximum atomic E-state index is 12.4. The highest BCUT2D eigenvalue weighted by atomic mass is 127. The number of hydrogen-bond acceptors (Lipinski definition) is 4. The lowest BCUT2D eigenvalue weighted by Crippen LogP contribution is -2.55. The van der Waals surface area contributed by atoms with E-state index in [2.05, 4.69) is 27.2 Å². The molecule has 2 atom stereocenters. The van der Waals surface area contributed by atoms with Gasteiger partial charge in [-0.1, -0.05) is 6.92 Å². The average molecular weight is 490 g/mol. The number of aliphatic imine (C=N–C) groups is 1. The van der Waals surface area contributed by atoms with Gasteiger partial charge in [0.15, 0.2) is 5.96 Å². The van der Waals surface area contributed by atoms with Crippen molar-refractivity contribution in [2.24, 2.45) is 10.9 Å². The Balaban J connectivity index is 0.00000261. The van der Waals surface area contributed by atoms with Crippen LogP contribution in [-0.2, 0) is 16.1 Å². The number of carbonyl (C=O) groups is 1. The van der Waals surface area contributed by atoms with E-state index in [0.29, 0.717) is 12.5 Å². The zero-order chi connectivity index (χ0) is 18.4. The Kier molecular flexibility index (Phi) is 8.81. The first-order chi connectivity index (χ1) is 12.7. The Labute approximate surface area is 178 Å². The summed E-state index contributed by atoms with van der Waals surface area (Å²) in [5.41, 5.74) is 0. The molecule has 27 heavy (non-hydrogen) atoms. The van der Waals surface area contributed by atoms with Crippen LogP contribution in [0, 0.1) is 5.92 Å². The lowest BCUT2D eigenvalue weighted by atomic mass is 10.2. The molecule has 2 unspecified atom stereocenters. The molecule has 0 spiro atoms. The topological polar surface area (TPSA) is 75.0 Å². The van der Waals surface area contributed by atoms with Crippen LogP contribution >= 0.6 is 24.0 Å². The van der Waals surface area contributed by atoms with Crippen molar-refractivity contribution in [1.29, 1.82) is 0 Å². The van der Waals surface area contributed by atoms with E-state index in [1.165, 1.54) is 0 Å². The van der Waals surface area contributed by atoms with Gasteiger partial charge in [-0.05, 0) is 24.8 Å². The van der Waals surface area contributed by atoms with Crippen molar-refractivity contribution in [2.75, 3.05) is 46.4 Å². The number of amides is 1. The fourth-order valence-corrected chi connectivity index (χ4v) is 3.50. The maximum Gasteiger partial charge on any atom is 0.251 e. The molecule has 9 heteroatoms. The number of hydrogen-bond donors (Lipinski definition) is 1. The van der Waals surface area contributed by atoms with Crippen LogP contribution in [0.25, 0.3) is 0 Å². The molecule has 3 rings (SSSR count). The van der Waals surface area contributed by atoms with Crippen LogP contribution in [0.5, 0.6) is 0 Å². The number of ether oxygens (including phenoxy) is 1. The van der Waals surface area contributed by atoms with Gasteiger partial charge < -0.3 is 19.9 Å². The molecule has 8 nitrogen and oxygen atoms in total. The number of halogens is 1. The third kappa shape index (κ3) is 6.06. The molecule has 0 aromatic carbocycles. The van der Waals surface area contributed by atoms with Crippen molar-refractivity contribution in [3.8, 4) is 0 Å². The van der Waals surface area contributed by atoms with Crippen LogP contribution in [0.15, 0.2) is 23.5 Å². The van der Waals surface area contributed by atoms with E-state index in [9.17, 15) is 4.79 Å². The summed E-state index contributed by atoms with van der Waals surface area (Å²) in [6, 6.07) is 1.94. The van der Waals surface area contributed by atoms with E-state index < -0.39 is 0 Å². The second-order valence-corrected chi connectivity index (χ2v) is 7.08. The SMILES string of the molecule is CN=C(NCC(C)Cn1cccn1)N1CCN(C(=O)C2CCCO2)CC1.I. The predicted octanol–water partition coefficient (Wildman–Crippen LogP) is 1.04. The molecular weight excluding hydrogens is 459 g/mol. The van der Waals surface area contributed by atoms with E-state index in [0.717, 1.165) is 58.1 Å². The van der Waals surface area contributed by atoms with Gasteiger partial charge >= 0.3 is 0 Å². The van der Waals surface area contributed by atoms with Gasteiger partial charge in [0.25, 0.3) is 5.91 Å². The lowest BCUT2D eigenvalue weighted by molar-refractivity contribution is -0.142. The van der Waals surface area contributed by atoms with E-state index in [1.807, 2.05) is 28.9 Å². The third-order valence-electron chi connectivity index (χ3n) is 4.97. The van der Waals surface area contributed by atoms with Crippen LogP contribution in [0.4, 0.5) is 0 Å². The van der Waals surface area contributed by atoms with Crippen molar-refractivity contribution >= 4 is 35.8 Å². The lowest BCUT2D eigenvalue weighted by Gasteiger charge is -2.37. The fourth-order valence-electron chi connectivity index (χ4n) is 3.50. The van der Waals surface area contributed by atoms with Gasteiger partial charge in [-0.2, -0.15) is 5.10 Å². The minimum atomic E-state index is -0.220. The van der Waals surface area contributed by atoms with E-state index >= 15 is 0 Å². The highest BCUT2D eigenvalue weighted by Crippen LogP contribution is 2.16. The first-order valence-electron chi connectivity index (χ1n) is 9.51. The maximum absolute atomic E-state index is 12.4. The number of nitrogens with one attached hydrogen (secondary N) is 1. The van der Waals surface area contributed by atoms with Gasteiger partial charge in [-0.3, -0.25) is 14.5 Å². The molecule has 2 saturated heterocycles. The van der Waals surface area contributed by atoms with Crippen LogP contribution in [0.3, 0.4) is 0 Å². The van der Waals surface area contributed by atoms with Gasteiger partial charge in [-0.25, -0.2) is 0 Å². The van der Waals surface area contributed by atoms with E-state index in [1.54, 1.807) is 6.20 Å². The first kappa shape index (κ1) is 21.9. The van der Waals surface area contributed by atoms with Crippen molar-refractivity contribution < 1.29 is 9.53 Å². The number of guanidine groups is 1. The third-order valence-corrected chi connectivity index (χ3v) is 4.97. The first-order valence-corrected chi connectivity index (χ1v) is 9.51. The number of carbonyl (C=O) groups excluding carboxylic acids is 1. The second kappa shape index (κ2) is 10.8. The Morgan fingerprint density at radius 1 is 1.33 bits per heavy atom. The summed E-state index contributed by atoms with van der Waals surface area (Å²) < 4.78 is 7.47. The summed E-state index contributed by atoms with van der Waals surface area (Å²) in [5.74, 6) is 1.49. The van der Waals surface area contributed by atoms with Gasteiger partial charge in [-0.15, -0.1) is 24.0 Å². The molecule has 1 N–H and O–H groups in total. The van der Waals surface area contributed by atoms with E-state index in [-0.39, 0.29) is 36.0 Å². The molecule has 2 fully saturated rings. The molecule has 3 heterocycles. The molecular formula is C18H31IN6O2. The molecule has 0 aliphatic carbocycles. The summed E-state index contributed by atoms with van der Waals surface area (Å²) in [6.07, 6.45) is 5.41. The zero-order valence-electron chi connectivity index (χ0n) is 16.2. The Bertz CT molecular complexity index is 595. The monoisotopic (exact) mass is 490 g/mol. The molecule has 0 saturated carbocycles. The molecule has 1 aromatic rings. The molecule has 0 radical (unpaired) electrons. The van der Waals surface area contributed by atoms with Gasteiger partial charge in [0.1, 0.15) is 6.10 Å². The summed E-state index contributed by atoms with van der Waals surface area (Å²) in [5, 5.41) is 7.71. The van der Waals surface area contributed by atoms with Crippen molar-refractivity contribution in [2.45, 2.75) is 32.4 Å². The summed E-state index contributed by atoms with van der Waals surface area (Å²) in [7, 11) is 1.81. The standard InChI is InChI=1S/C18H30N6O2.HI/c1-15(14-24-7-4-6-21-24)13-20-18(19-2)23-10-8-22(9-11-23)17(25)16-5-3-12-26-16;/h4,6-7,15-16H,3,5,8-14H2,1-2H3,(H,19,20);1H. The molecule has 2 aliphatic heterocycles. The molecule has 0 bridgehead atoms. The minimum Gasteiger partial charge on any atom is -0.368 e. The molecule has 2 aliphatic rings. The smallest absolute Gasteiger partial charge is 0.251 e. The highest BCUT2D eigenvalue weighted by Gasteiger charge is 2.30. The van der Waals surface area contributed by atoms with Crippen molar-refractivity contribution in [1.82, 2.24) is 24.9 Å². The normalized spacial score (nSPS) is 21.7. The number of piperazine rings is 1. The Morgan fingerprint density at radius 2 is 2.07 bits per heavy atom. The van der Waals surface area contributed by atoms with Gasteiger partial charge in [0.2, 0.25) is 0 Å². The molecule has 1 aromatic heterocycles. The Morgan fingerprint density at radius 3 is 2.67 bits per heavy atom. The second-order valence-electron chi connectivity index (χ2n) is 7.08. The summed E-state index contributed by atoms with van der Waals surface area (Å²) >= 11 is 0. The zero-order valence-corrected chi connectivity index (χ0v) is 18.5. The summed E-state index contributed by atoms with van der Waals surface area (Å²) in [6.45, 7) is 7.66. The molecule has 152 valence electrons. The number of nitrogens with zero attached hydrogens (tertiary/aromatic N) is 5. The van der Waals surface area contributed by atoms with Crippen molar-refractivity contribution in [3.05, 3.63) is 18.5 Å². The van der Waals surface area contributed by atoms with Gasteiger partial charge in [0, 0.05) is 65.3 Å². The fraction of sp³-hybridized carbons (Fsp3) is 0.722. The van der Waals surface area contributed by atoms with Crippen molar-refractivity contribution in [3.63, 3.8) is 0 Å². The van der Waals surface area contributed by atoms with Crippen LogP contribution < -0.4 is 5.32 Å². The van der Waals surface area contributed by atoms with Gasteiger partial charge in [0.05, 0.1) is 0 Å². The molecule has 1 amide bonds. The number of rotatable bonds is 5. The highest BCUT2D eigenvalue weighted by molar-refractivity contribution is 14.0.